The first-order valence-corrected chi connectivity index (χ1v) is 7.90. The summed E-state index contributed by atoms with van der Waals surface area (Å²) in [6.07, 6.45) is 0. The summed E-state index contributed by atoms with van der Waals surface area (Å²) in [5.74, 6) is 0.832. The minimum atomic E-state index is -0.721. The van der Waals surface area contributed by atoms with E-state index < -0.39 is 10.9 Å². The van der Waals surface area contributed by atoms with Crippen molar-refractivity contribution in [2.75, 3.05) is 0 Å². The van der Waals surface area contributed by atoms with Gasteiger partial charge in [-0.1, -0.05) is 29.8 Å². The lowest BCUT2D eigenvalue weighted by molar-refractivity contribution is -0.384. The predicted octanol–water partition coefficient (Wildman–Crippen LogP) is 5.26. The van der Waals surface area contributed by atoms with Gasteiger partial charge in [-0.25, -0.2) is 4.79 Å². The number of hydrogen-bond acceptors (Lipinski definition) is 5. The second-order valence-corrected chi connectivity index (χ2v) is 5.61. The maximum atomic E-state index is 12.2. The van der Waals surface area contributed by atoms with Crippen molar-refractivity contribution in [3.8, 4) is 17.2 Å². The van der Waals surface area contributed by atoms with Crippen LogP contribution in [-0.2, 0) is 0 Å². The monoisotopic (exact) mass is 369 g/mol. The topological polar surface area (TPSA) is 78.7 Å². The van der Waals surface area contributed by atoms with Gasteiger partial charge in [0.15, 0.2) is 0 Å². The van der Waals surface area contributed by atoms with E-state index in [1.807, 2.05) is 30.3 Å². The molecule has 3 rings (SSSR count). The van der Waals surface area contributed by atoms with E-state index in [-0.39, 0.29) is 22.0 Å². The molecule has 0 amide bonds. The van der Waals surface area contributed by atoms with Gasteiger partial charge >= 0.3 is 5.97 Å². The summed E-state index contributed by atoms with van der Waals surface area (Å²) in [4.78, 5) is 22.4. The van der Waals surface area contributed by atoms with E-state index in [9.17, 15) is 14.9 Å². The van der Waals surface area contributed by atoms with Crippen molar-refractivity contribution in [3.63, 3.8) is 0 Å². The van der Waals surface area contributed by atoms with E-state index in [0.717, 1.165) is 6.07 Å². The normalized spacial score (nSPS) is 10.2. The third-order valence-corrected chi connectivity index (χ3v) is 3.71. The average Bonchev–Trinajstić information content (AvgIpc) is 2.64. The average molecular weight is 370 g/mol. The number of halogens is 1. The predicted molar refractivity (Wildman–Crippen MR) is 96.0 cm³/mol. The number of nitro groups is 1. The van der Waals surface area contributed by atoms with Gasteiger partial charge in [-0.05, 0) is 48.5 Å². The fraction of sp³-hybridized carbons (Fsp3) is 0. The Morgan fingerprint density at radius 3 is 2.15 bits per heavy atom. The van der Waals surface area contributed by atoms with E-state index in [1.165, 1.54) is 12.1 Å². The summed E-state index contributed by atoms with van der Waals surface area (Å²) in [6, 6.07) is 19.4. The molecule has 0 unspecified atom stereocenters. The first kappa shape index (κ1) is 17.4. The number of nitrogens with zero attached hydrogens (tertiary/aromatic N) is 1. The highest BCUT2D eigenvalue weighted by Crippen LogP contribution is 2.27. The minimum absolute atomic E-state index is 0.0331. The lowest BCUT2D eigenvalue weighted by Crippen LogP contribution is -2.09. The van der Waals surface area contributed by atoms with Gasteiger partial charge in [0, 0.05) is 6.07 Å². The number of hydrogen-bond donors (Lipinski definition) is 0. The summed E-state index contributed by atoms with van der Waals surface area (Å²) < 4.78 is 10.9. The van der Waals surface area contributed by atoms with Gasteiger partial charge in [-0.2, -0.15) is 0 Å². The van der Waals surface area contributed by atoms with E-state index in [0.29, 0.717) is 11.5 Å². The summed E-state index contributed by atoms with van der Waals surface area (Å²) in [5.41, 5.74) is -0.321. The molecule has 0 fully saturated rings. The smallest absolute Gasteiger partial charge is 0.343 e. The maximum Gasteiger partial charge on any atom is 0.343 e. The highest BCUT2D eigenvalue weighted by molar-refractivity contribution is 6.32. The Kier molecular flexibility index (Phi) is 5.15. The molecule has 130 valence electrons. The van der Waals surface area contributed by atoms with Crippen molar-refractivity contribution < 1.29 is 19.2 Å². The summed E-state index contributed by atoms with van der Waals surface area (Å²) in [6.45, 7) is 0. The van der Waals surface area contributed by atoms with E-state index in [1.54, 1.807) is 24.3 Å². The largest absolute Gasteiger partial charge is 0.457 e. The van der Waals surface area contributed by atoms with Crippen molar-refractivity contribution in [1.82, 2.24) is 0 Å². The van der Waals surface area contributed by atoms with Gasteiger partial charge in [-0.3, -0.25) is 10.1 Å². The lowest BCUT2D eigenvalue weighted by Gasteiger charge is -2.07. The van der Waals surface area contributed by atoms with Crippen LogP contribution in [0.2, 0.25) is 5.02 Å². The number of carbonyl (C=O) groups is 1. The molecule has 0 bridgehead atoms. The third kappa shape index (κ3) is 4.17. The van der Waals surface area contributed by atoms with Crippen LogP contribution in [-0.4, -0.2) is 10.9 Å². The zero-order valence-corrected chi connectivity index (χ0v) is 14.1. The minimum Gasteiger partial charge on any atom is -0.457 e. The SMILES string of the molecule is O=C(Oc1ccc(Oc2ccccc2)cc1)c1ccc(Cl)c([N+](=O)[O-])c1. The Labute approximate surface area is 153 Å². The Hall–Kier alpha value is -3.38. The van der Waals surface area contributed by atoms with E-state index in [2.05, 4.69) is 0 Å². The molecule has 0 atom stereocenters. The molecule has 7 heteroatoms. The van der Waals surface area contributed by atoms with Crippen LogP contribution in [0.1, 0.15) is 10.4 Å². The van der Waals surface area contributed by atoms with Gasteiger partial charge < -0.3 is 9.47 Å². The Bertz CT molecular complexity index is 942. The Morgan fingerprint density at radius 1 is 0.885 bits per heavy atom. The molecule has 0 radical (unpaired) electrons. The highest BCUT2D eigenvalue weighted by Gasteiger charge is 2.17. The fourth-order valence-corrected chi connectivity index (χ4v) is 2.33. The molecule has 3 aromatic carbocycles. The van der Waals surface area contributed by atoms with Crippen molar-refractivity contribution >= 4 is 23.3 Å². The molecule has 0 saturated carbocycles. The van der Waals surface area contributed by atoms with Crippen LogP contribution in [0.4, 0.5) is 5.69 Å². The number of ether oxygens (including phenoxy) is 2. The molecule has 0 spiro atoms. The zero-order valence-electron chi connectivity index (χ0n) is 13.3. The first-order valence-electron chi connectivity index (χ1n) is 7.52. The molecule has 0 aliphatic heterocycles. The lowest BCUT2D eigenvalue weighted by atomic mass is 10.2. The first-order chi connectivity index (χ1) is 12.5. The second kappa shape index (κ2) is 7.67. The number of benzene rings is 3. The number of esters is 1. The van der Waals surface area contributed by atoms with E-state index in [4.69, 9.17) is 21.1 Å². The van der Waals surface area contributed by atoms with Crippen molar-refractivity contribution in [2.24, 2.45) is 0 Å². The van der Waals surface area contributed by atoms with Crippen molar-refractivity contribution in [1.29, 1.82) is 0 Å². The summed E-state index contributed by atoms with van der Waals surface area (Å²) in [7, 11) is 0. The van der Waals surface area contributed by atoms with Gasteiger partial charge in [0.2, 0.25) is 0 Å². The maximum absolute atomic E-state index is 12.2. The van der Waals surface area contributed by atoms with Crippen LogP contribution < -0.4 is 9.47 Å². The van der Waals surface area contributed by atoms with Crippen molar-refractivity contribution in [3.05, 3.63) is 93.5 Å². The molecule has 0 saturated heterocycles. The molecule has 6 nitrogen and oxygen atoms in total. The summed E-state index contributed by atoms with van der Waals surface area (Å²) in [5, 5.41) is 10.9. The molecule has 0 heterocycles. The molecule has 0 aromatic heterocycles. The Morgan fingerprint density at radius 2 is 1.50 bits per heavy atom. The van der Waals surface area contributed by atoms with Gasteiger partial charge in [-0.15, -0.1) is 0 Å². The standard InChI is InChI=1S/C19H12ClNO5/c20-17-11-6-13(12-18(17)21(23)24)19(22)26-16-9-7-15(8-10-16)25-14-4-2-1-3-5-14/h1-12H. The molecular weight excluding hydrogens is 358 g/mol. The number of rotatable bonds is 5. The quantitative estimate of drug-likeness (QED) is 0.265. The third-order valence-electron chi connectivity index (χ3n) is 3.39. The van der Waals surface area contributed by atoms with Crippen LogP contribution in [0, 0.1) is 10.1 Å². The Balaban J connectivity index is 1.70. The molecule has 0 N–H and O–H groups in total. The van der Waals surface area contributed by atoms with Crippen LogP contribution in [0.3, 0.4) is 0 Å². The number of carbonyl (C=O) groups excluding carboxylic acids is 1. The highest BCUT2D eigenvalue weighted by atomic mass is 35.5. The molecule has 0 aliphatic carbocycles. The molecular formula is C19H12ClNO5. The van der Waals surface area contributed by atoms with Gasteiger partial charge in [0.25, 0.3) is 5.69 Å². The molecule has 26 heavy (non-hydrogen) atoms. The molecule has 0 aliphatic rings. The van der Waals surface area contributed by atoms with Crippen LogP contribution >= 0.6 is 11.6 Å². The van der Waals surface area contributed by atoms with E-state index >= 15 is 0 Å². The summed E-state index contributed by atoms with van der Waals surface area (Å²) >= 11 is 5.73. The van der Waals surface area contributed by atoms with Gasteiger partial charge in [0.05, 0.1) is 10.5 Å². The number of nitro benzene ring substituents is 1. The van der Waals surface area contributed by atoms with Gasteiger partial charge in [0.1, 0.15) is 22.3 Å². The van der Waals surface area contributed by atoms with Crippen LogP contribution in [0.15, 0.2) is 72.8 Å². The molecule has 3 aromatic rings. The number of para-hydroxylation sites is 1. The zero-order chi connectivity index (χ0) is 18.5. The van der Waals surface area contributed by atoms with Crippen molar-refractivity contribution in [2.45, 2.75) is 0 Å². The van der Waals surface area contributed by atoms with Crippen LogP contribution in [0.5, 0.6) is 17.2 Å². The van der Waals surface area contributed by atoms with Crippen LogP contribution in [0.25, 0.3) is 0 Å². The fourth-order valence-electron chi connectivity index (χ4n) is 2.15. The second-order valence-electron chi connectivity index (χ2n) is 5.20.